The maximum absolute atomic E-state index is 12.3. The summed E-state index contributed by atoms with van der Waals surface area (Å²) in [5.41, 5.74) is 4.78. The highest BCUT2D eigenvalue weighted by Crippen LogP contribution is 2.72. The molecule has 0 saturated heterocycles. The summed E-state index contributed by atoms with van der Waals surface area (Å²) in [6.45, 7) is 1.75. The fourth-order valence-corrected chi connectivity index (χ4v) is 4.76. The molecule has 0 spiro atoms. The molecule has 3 N–H and O–H groups in total. The van der Waals surface area contributed by atoms with Gasteiger partial charge in [-0.2, -0.15) is 0 Å². The van der Waals surface area contributed by atoms with Crippen LogP contribution < -0.4 is 5.73 Å². The Morgan fingerprint density at radius 3 is 2.75 bits per heavy atom. The van der Waals surface area contributed by atoms with Gasteiger partial charge in [0.15, 0.2) is 11.5 Å². The zero-order valence-corrected chi connectivity index (χ0v) is 15.9. The lowest BCUT2D eigenvalue weighted by Gasteiger charge is -2.40. The summed E-state index contributed by atoms with van der Waals surface area (Å²) in [6.07, 6.45) is 2.65. The van der Waals surface area contributed by atoms with Gasteiger partial charge in [0.2, 0.25) is 0 Å². The summed E-state index contributed by atoms with van der Waals surface area (Å²) < 4.78 is 23.9. The lowest BCUT2D eigenvalue weighted by atomic mass is 9.88. The molecule has 0 aliphatic heterocycles. The van der Waals surface area contributed by atoms with Gasteiger partial charge in [0.25, 0.3) is 0 Å². The smallest absolute Gasteiger partial charge is 0.312 e. The van der Waals surface area contributed by atoms with Crippen LogP contribution in [-0.4, -0.2) is 70.1 Å². The summed E-state index contributed by atoms with van der Waals surface area (Å²) >= 11 is 0. The molecule has 2 aromatic heterocycles. The summed E-state index contributed by atoms with van der Waals surface area (Å²) in [6, 6.07) is -0.403. The van der Waals surface area contributed by atoms with Crippen molar-refractivity contribution in [3.05, 3.63) is 12.7 Å². The molecule has 0 bridgehead atoms. The number of nitrogens with zero attached hydrogens (tertiary/aromatic N) is 4. The third kappa shape index (κ3) is 2.43. The number of aliphatic carboxylic acids is 1. The second-order valence-corrected chi connectivity index (χ2v) is 7.37. The number of carbonyl (C=O) groups is 1. The first-order chi connectivity index (χ1) is 13.4. The third-order valence-corrected chi connectivity index (χ3v) is 5.94. The van der Waals surface area contributed by atoms with E-state index >= 15 is 0 Å². The molecule has 2 heterocycles. The number of methoxy groups -OCH3 is 2. The number of anilines is 1. The average Bonchev–Trinajstić information content (AvgIpc) is 3.17. The number of imidazole rings is 1. The second-order valence-electron chi connectivity index (χ2n) is 7.37. The standard InChI is InChI=1S/C17H23N5O6/c1-16(28-8-26-3)11(22-6-21-10-12(18)19-5-20-13(10)22)9-4-17(9,15(23)24)14(16)27-7-25-2/h5-6,9,11,14H,4,7-8H2,1-3H3,(H,23,24)(H2,18,19,20)/t9?,11-,14?,16+,17+/m1/s1. The van der Waals surface area contributed by atoms with Crippen LogP contribution in [0.1, 0.15) is 19.4 Å². The summed E-state index contributed by atoms with van der Waals surface area (Å²) in [5, 5.41) is 10.0. The minimum absolute atomic E-state index is 0.0218. The SMILES string of the molecule is COCOC1[C@]2(C(=O)O)CC2[C@@H](n2cnc3c(N)ncnc32)[C@]1(C)OCOC. The zero-order valence-electron chi connectivity index (χ0n) is 15.9. The van der Waals surface area contributed by atoms with Crippen LogP contribution in [0.2, 0.25) is 0 Å². The van der Waals surface area contributed by atoms with Crippen LogP contribution in [0, 0.1) is 11.3 Å². The van der Waals surface area contributed by atoms with Gasteiger partial charge in [-0.25, -0.2) is 15.0 Å². The molecule has 0 radical (unpaired) electrons. The van der Waals surface area contributed by atoms with Crippen LogP contribution in [-0.2, 0) is 23.7 Å². The van der Waals surface area contributed by atoms with Crippen molar-refractivity contribution in [2.75, 3.05) is 33.5 Å². The molecule has 2 aliphatic rings. The van der Waals surface area contributed by atoms with Crippen LogP contribution >= 0.6 is 0 Å². The van der Waals surface area contributed by atoms with Crippen molar-refractivity contribution in [2.45, 2.75) is 31.1 Å². The first-order valence-corrected chi connectivity index (χ1v) is 8.81. The average molecular weight is 393 g/mol. The Morgan fingerprint density at radius 2 is 2.07 bits per heavy atom. The molecule has 2 saturated carbocycles. The van der Waals surface area contributed by atoms with Crippen molar-refractivity contribution in [2.24, 2.45) is 11.3 Å². The number of rotatable bonds is 8. The van der Waals surface area contributed by atoms with Gasteiger partial charge in [-0.3, -0.25) is 4.79 Å². The minimum atomic E-state index is -1.08. The molecule has 4 rings (SSSR count). The second kappa shape index (κ2) is 6.62. The van der Waals surface area contributed by atoms with Crippen molar-refractivity contribution >= 4 is 23.0 Å². The van der Waals surface area contributed by atoms with E-state index in [1.54, 1.807) is 6.33 Å². The van der Waals surface area contributed by atoms with Crippen LogP contribution in [0.4, 0.5) is 5.82 Å². The lowest BCUT2D eigenvalue weighted by Crippen LogP contribution is -2.51. The number of fused-ring (bicyclic) bond motifs is 2. The van der Waals surface area contributed by atoms with Crippen molar-refractivity contribution in [1.29, 1.82) is 0 Å². The normalized spacial score (nSPS) is 33.9. The third-order valence-electron chi connectivity index (χ3n) is 5.94. The van der Waals surface area contributed by atoms with Gasteiger partial charge in [0, 0.05) is 20.1 Å². The van der Waals surface area contributed by atoms with Gasteiger partial charge in [0.1, 0.15) is 42.5 Å². The molecular formula is C17H23N5O6. The number of hydrogen-bond donors (Lipinski definition) is 2. The van der Waals surface area contributed by atoms with Gasteiger partial charge in [-0.1, -0.05) is 0 Å². The Kier molecular flexibility index (Phi) is 4.49. The highest BCUT2D eigenvalue weighted by Gasteiger charge is 2.81. The quantitative estimate of drug-likeness (QED) is 0.605. The van der Waals surface area contributed by atoms with Gasteiger partial charge in [-0.15, -0.1) is 0 Å². The van der Waals surface area contributed by atoms with E-state index in [9.17, 15) is 9.90 Å². The molecule has 28 heavy (non-hydrogen) atoms. The first kappa shape index (κ1) is 19.0. The maximum atomic E-state index is 12.3. The Labute approximate surface area is 160 Å². The molecule has 11 nitrogen and oxygen atoms in total. The van der Waals surface area contributed by atoms with Crippen LogP contribution in [0.5, 0.6) is 0 Å². The van der Waals surface area contributed by atoms with Crippen molar-refractivity contribution in [1.82, 2.24) is 19.5 Å². The predicted octanol–water partition coefficient (Wildman–Crippen LogP) is 0.422. The molecule has 152 valence electrons. The van der Waals surface area contributed by atoms with Crippen molar-refractivity contribution in [3.8, 4) is 0 Å². The van der Waals surface area contributed by atoms with Crippen LogP contribution in [0.3, 0.4) is 0 Å². The Hall–Kier alpha value is -2.34. The van der Waals surface area contributed by atoms with E-state index in [2.05, 4.69) is 15.0 Å². The monoisotopic (exact) mass is 393 g/mol. The van der Waals surface area contributed by atoms with E-state index in [4.69, 9.17) is 24.7 Å². The van der Waals surface area contributed by atoms with E-state index in [1.807, 2.05) is 11.5 Å². The molecule has 0 amide bonds. The molecule has 11 heteroatoms. The zero-order chi connectivity index (χ0) is 20.1. The number of carboxylic acid groups (broad SMARTS) is 1. The molecule has 2 fully saturated rings. The predicted molar refractivity (Wildman–Crippen MR) is 95.1 cm³/mol. The Morgan fingerprint density at radius 1 is 1.32 bits per heavy atom. The topological polar surface area (TPSA) is 144 Å². The number of carboxylic acids is 1. The molecule has 2 aromatic rings. The van der Waals surface area contributed by atoms with Crippen molar-refractivity contribution < 1.29 is 28.8 Å². The lowest BCUT2D eigenvalue weighted by molar-refractivity contribution is -0.221. The van der Waals surface area contributed by atoms with Crippen LogP contribution in [0.25, 0.3) is 11.2 Å². The van der Waals surface area contributed by atoms with E-state index in [-0.39, 0.29) is 25.3 Å². The van der Waals surface area contributed by atoms with E-state index in [1.165, 1.54) is 20.5 Å². The first-order valence-electron chi connectivity index (χ1n) is 8.81. The molecule has 2 aliphatic carbocycles. The molecular weight excluding hydrogens is 370 g/mol. The van der Waals surface area contributed by atoms with E-state index in [0.29, 0.717) is 17.6 Å². The van der Waals surface area contributed by atoms with Gasteiger partial charge in [0.05, 0.1) is 12.4 Å². The fourth-order valence-electron chi connectivity index (χ4n) is 4.76. The fraction of sp³-hybridized carbons (Fsp3) is 0.647. The van der Waals surface area contributed by atoms with Crippen LogP contribution in [0.15, 0.2) is 12.7 Å². The van der Waals surface area contributed by atoms with E-state index in [0.717, 1.165) is 0 Å². The maximum Gasteiger partial charge on any atom is 0.312 e. The highest BCUT2D eigenvalue weighted by atomic mass is 16.7. The van der Waals surface area contributed by atoms with Gasteiger partial charge >= 0.3 is 5.97 Å². The highest BCUT2D eigenvalue weighted by molar-refractivity contribution is 5.83. The number of hydrogen-bond acceptors (Lipinski definition) is 9. The van der Waals surface area contributed by atoms with Crippen molar-refractivity contribution in [3.63, 3.8) is 0 Å². The Bertz CT molecular complexity index is 905. The van der Waals surface area contributed by atoms with E-state index < -0.39 is 29.1 Å². The summed E-state index contributed by atoms with van der Waals surface area (Å²) in [5.74, 6) is -0.900. The molecule has 2 unspecified atom stereocenters. The molecule has 0 aromatic carbocycles. The minimum Gasteiger partial charge on any atom is -0.481 e. The molecule has 5 atom stereocenters. The Balaban J connectivity index is 1.84. The summed E-state index contributed by atoms with van der Waals surface area (Å²) in [7, 11) is 2.99. The van der Waals surface area contributed by atoms with Gasteiger partial charge < -0.3 is 34.4 Å². The number of nitrogen functional groups attached to an aromatic ring is 1. The number of nitrogens with two attached hydrogens (primary N) is 1. The number of ether oxygens (including phenoxy) is 4. The largest absolute Gasteiger partial charge is 0.481 e. The summed E-state index contributed by atoms with van der Waals surface area (Å²) in [4.78, 5) is 24.9. The number of aromatic nitrogens is 4. The van der Waals surface area contributed by atoms with Gasteiger partial charge in [-0.05, 0) is 13.3 Å².